The molecular formula is C23H24O6. The molecule has 3 aromatic carbocycles. The van der Waals surface area contributed by atoms with Crippen LogP contribution in [0, 0.1) is 0 Å². The van der Waals surface area contributed by atoms with Crippen LogP contribution < -0.4 is 9.47 Å². The highest BCUT2D eigenvalue weighted by atomic mass is 16.5. The first kappa shape index (κ1) is 20.6. The van der Waals surface area contributed by atoms with Crippen molar-refractivity contribution < 1.29 is 29.2 Å². The third kappa shape index (κ3) is 6.20. The van der Waals surface area contributed by atoms with Gasteiger partial charge in [0.25, 0.3) is 0 Å². The zero-order valence-electron chi connectivity index (χ0n) is 16.0. The van der Waals surface area contributed by atoms with E-state index >= 15 is 0 Å². The van der Waals surface area contributed by atoms with Crippen molar-refractivity contribution in [3.8, 4) is 11.5 Å². The van der Waals surface area contributed by atoms with Gasteiger partial charge in [-0.3, -0.25) is 0 Å². The fraction of sp³-hybridized carbons (Fsp3) is 0.261. The van der Waals surface area contributed by atoms with Crippen molar-refractivity contribution in [1.29, 1.82) is 0 Å². The van der Waals surface area contributed by atoms with Gasteiger partial charge >= 0.3 is 5.97 Å². The lowest BCUT2D eigenvalue weighted by atomic mass is 10.0. The van der Waals surface area contributed by atoms with Gasteiger partial charge < -0.3 is 24.4 Å². The lowest BCUT2D eigenvalue weighted by molar-refractivity contribution is -0.139. The SMILES string of the molecule is O=C(O)COc1cccc2c(CCOCC(O)COc3ccccc3)cccc12. The number of hydrogen-bond donors (Lipinski definition) is 2. The summed E-state index contributed by atoms with van der Waals surface area (Å²) in [5, 5.41) is 20.7. The van der Waals surface area contributed by atoms with E-state index < -0.39 is 12.1 Å². The van der Waals surface area contributed by atoms with Gasteiger partial charge in [-0.1, -0.05) is 48.5 Å². The molecule has 0 aliphatic carbocycles. The molecule has 0 aromatic heterocycles. The monoisotopic (exact) mass is 396 g/mol. The van der Waals surface area contributed by atoms with Crippen molar-refractivity contribution in [2.24, 2.45) is 0 Å². The van der Waals surface area contributed by atoms with Gasteiger partial charge in [0.15, 0.2) is 6.61 Å². The molecule has 0 aliphatic heterocycles. The van der Waals surface area contributed by atoms with Crippen LogP contribution in [0.25, 0.3) is 10.8 Å². The summed E-state index contributed by atoms with van der Waals surface area (Å²) in [5.74, 6) is 0.241. The molecule has 0 heterocycles. The largest absolute Gasteiger partial charge is 0.491 e. The van der Waals surface area contributed by atoms with E-state index in [-0.39, 0.29) is 19.8 Å². The summed E-state index contributed by atoms with van der Waals surface area (Å²) in [7, 11) is 0. The van der Waals surface area contributed by atoms with Crippen LogP contribution in [0.4, 0.5) is 0 Å². The summed E-state index contributed by atoms with van der Waals surface area (Å²) >= 11 is 0. The lowest BCUT2D eigenvalue weighted by Crippen LogP contribution is -2.24. The summed E-state index contributed by atoms with van der Waals surface area (Å²) in [6, 6.07) is 20.7. The van der Waals surface area contributed by atoms with Crippen molar-refractivity contribution >= 4 is 16.7 Å². The molecular weight excluding hydrogens is 372 g/mol. The molecule has 0 saturated heterocycles. The van der Waals surface area contributed by atoms with Crippen molar-refractivity contribution in [2.45, 2.75) is 12.5 Å². The second kappa shape index (κ2) is 10.5. The number of carboxylic acids is 1. The van der Waals surface area contributed by atoms with E-state index in [1.54, 1.807) is 6.07 Å². The molecule has 3 rings (SSSR count). The number of carboxylic acid groups (broad SMARTS) is 1. The molecule has 6 nitrogen and oxygen atoms in total. The molecule has 1 atom stereocenters. The average molecular weight is 396 g/mol. The van der Waals surface area contributed by atoms with Crippen molar-refractivity contribution in [2.75, 3.05) is 26.4 Å². The highest BCUT2D eigenvalue weighted by molar-refractivity contribution is 5.91. The van der Waals surface area contributed by atoms with Gasteiger partial charge in [-0.05, 0) is 35.6 Å². The zero-order valence-corrected chi connectivity index (χ0v) is 16.0. The van der Waals surface area contributed by atoms with Gasteiger partial charge in [0.1, 0.15) is 24.2 Å². The number of fused-ring (bicyclic) bond motifs is 1. The Morgan fingerprint density at radius 3 is 2.41 bits per heavy atom. The Labute approximate surface area is 169 Å². The first-order valence-electron chi connectivity index (χ1n) is 9.42. The minimum atomic E-state index is -1.01. The molecule has 0 radical (unpaired) electrons. The van der Waals surface area contributed by atoms with Crippen LogP contribution in [-0.4, -0.2) is 48.7 Å². The molecule has 0 fully saturated rings. The van der Waals surface area contributed by atoms with E-state index in [4.69, 9.17) is 19.3 Å². The Balaban J connectivity index is 1.50. The smallest absolute Gasteiger partial charge is 0.341 e. The van der Waals surface area contributed by atoms with Gasteiger partial charge in [-0.2, -0.15) is 0 Å². The average Bonchev–Trinajstić information content (AvgIpc) is 2.74. The highest BCUT2D eigenvalue weighted by Crippen LogP contribution is 2.28. The number of aliphatic carboxylic acids is 1. The van der Waals surface area contributed by atoms with Crippen LogP contribution in [0.2, 0.25) is 0 Å². The van der Waals surface area contributed by atoms with Gasteiger partial charge in [0.05, 0.1) is 13.2 Å². The summed E-state index contributed by atoms with van der Waals surface area (Å²) in [6.45, 7) is 0.421. The fourth-order valence-electron chi connectivity index (χ4n) is 2.99. The number of hydrogen-bond acceptors (Lipinski definition) is 5. The number of rotatable bonds is 11. The fourth-order valence-corrected chi connectivity index (χ4v) is 2.99. The molecule has 2 N–H and O–H groups in total. The van der Waals surface area contributed by atoms with E-state index in [1.165, 1.54) is 0 Å². The van der Waals surface area contributed by atoms with Crippen LogP contribution in [0.5, 0.6) is 11.5 Å². The van der Waals surface area contributed by atoms with Crippen molar-refractivity contribution in [1.82, 2.24) is 0 Å². The molecule has 6 heteroatoms. The van der Waals surface area contributed by atoms with Crippen LogP contribution in [0.15, 0.2) is 66.7 Å². The van der Waals surface area contributed by atoms with E-state index in [0.29, 0.717) is 24.5 Å². The first-order chi connectivity index (χ1) is 14.1. The third-order valence-electron chi connectivity index (χ3n) is 4.34. The summed E-state index contributed by atoms with van der Waals surface area (Å²) in [6.07, 6.45) is -0.0508. The van der Waals surface area contributed by atoms with Crippen molar-refractivity contribution in [3.63, 3.8) is 0 Å². The van der Waals surface area contributed by atoms with E-state index in [0.717, 1.165) is 16.3 Å². The zero-order chi connectivity index (χ0) is 20.5. The molecule has 3 aromatic rings. The first-order valence-corrected chi connectivity index (χ1v) is 9.42. The number of carbonyl (C=O) groups is 1. The molecule has 0 amide bonds. The molecule has 1 unspecified atom stereocenters. The van der Waals surface area contributed by atoms with Gasteiger partial charge in [-0.15, -0.1) is 0 Å². The molecule has 0 spiro atoms. The molecule has 29 heavy (non-hydrogen) atoms. The van der Waals surface area contributed by atoms with Crippen LogP contribution in [-0.2, 0) is 16.0 Å². The second-order valence-electron chi connectivity index (χ2n) is 6.55. The predicted molar refractivity (Wildman–Crippen MR) is 110 cm³/mol. The number of aliphatic hydroxyl groups excluding tert-OH is 1. The van der Waals surface area contributed by atoms with Gasteiger partial charge in [-0.25, -0.2) is 4.79 Å². The van der Waals surface area contributed by atoms with E-state index in [2.05, 4.69) is 0 Å². The van der Waals surface area contributed by atoms with E-state index in [9.17, 15) is 9.90 Å². The molecule has 0 bridgehead atoms. The normalized spacial score (nSPS) is 11.9. The summed E-state index contributed by atoms with van der Waals surface area (Å²) in [4.78, 5) is 10.8. The molecule has 0 saturated carbocycles. The maximum Gasteiger partial charge on any atom is 0.341 e. The Morgan fingerprint density at radius 1 is 0.862 bits per heavy atom. The second-order valence-corrected chi connectivity index (χ2v) is 6.55. The van der Waals surface area contributed by atoms with Crippen LogP contribution in [0.3, 0.4) is 0 Å². The predicted octanol–water partition coefficient (Wildman–Crippen LogP) is 3.30. The molecule has 152 valence electrons. The maximum atomic E-state index is 10.8. The maximum absolute atomic E-state index is 10.8. The summed E-state index contributed by atoms with van der Waals surface area (Å²) in [5.41, 5.74) is 1.07. The Bertz CT molecular complexity index is 925. The topological polar surface area (TPSA) is 85.2 Å². The van der Waals surface area contributed by atoms with Crippen LogP contribution >= 0.6 is 0 Å². The number of aliphatic hydroxyl groups is 1. The van der Waals surface area contributed by atoms with Crippen molar-refractivity contribution in [3.05, 3.63) is 72.3 Å². The lowest BCUT2D eigenvalue weighted by Gasteiger charge is -2.14. The standard InChI is InChI=1S/C23H24O6/c24-18(15-28-19-7-2-1-3-8-19)14-27-13-12-17-6-4-10-21-20(17)9-5-11-22(21)29-16-23(25)26/h1-11,18,24H,12-16H2,(H,25,26). The number of para-hydroxylation sites is 1. The number of ether oxygens (including phenoxy) is 3. The summed E-state index contributed by atoms with van der Waals surface area (Å²) < 4.78 is 16.5. The molecule has 0 aliphatic rings. The number of benzene rings is 3. The van der Waals surface area contributed by atoms with Gasteiger partial charge in [0.2, 0.25) is 0 Å². The van der Waals surface area contributed by atoms with E-state index in [1.807, 2.05) is 60.7 Å². The van der Waals surface area contributed by atoms with Crippen LogP contribution in [0.1, 0.15) is 5.56 Å². The Kier molecular flexibility index (Phi) is 7.44. The minimum Gasteiger partial charge on any atom is -0.491 e. The quantitative estimate of drug-likeness (QED) is 0.484. The Morgan fingerprint density at radius 2 is 1.62 bits per heavy atom. The Hall–Kier alpha value is -3.09. The van der Waals surface area contributed by atoms with Gasteiger partial charge in [0, 0.05) is 5.39 Å². The highest BCUT2D eigenvalue weighted by Gasteiger charge is 2.09. The minimum absolute atomic E-state index is 0.169. The third-order valence-corrected chi connectivity index (χ3v) is 4.34.